The van der Waals surface area contributed by atoms with E-state index in [1.165, 1.54) is 25.3 Å². The van der Waals surface area contributed by atoms with E-state index < -0.39 is 0 Å². The van der Waals surface area contributed by atoms with Gasteiger partial charge in [-0.3, -0.25) is 9.69 Å². The highest BCUT2D eigenvalue weighted by Gasteiger charge is 2.20. The van der Waals surface area contributed by atoms with Crippen LogP contribution in [0.2, 0.25) is 0 Å². The van der Waals surface area contributed by atoms with E-state index in [2.05, 4.69) is 29.3 Å². The zero-order valence-electron chi connectivity index (χ0n) is 13.1. The lowest BCUT2D eigenvalue weighted by Crippen LogP contribution is -2.39. The van der Waals surface area contributed by atoms with Crippen LogP contribution in [0.25, 0.3) is 0 Å². The monoisotopic (exact) mass is 290 g/mol. The lowest BCUT2D eigenvalue weighted by Gasteiger charge is -2.32. The molecule has 4 nitrogen and oxygen atoms in total. The van der Waals surface area contributed by atoms with Gasteiger partial charge in [0.2, 0.25) is 5.91 Å². The fourth-order valence-corrected chi connectivity index (χ4v) is 2.73. The number of hydrogen-bond acceptors (Lipinski definition) is 3. The standard InChI is InChI=1S/C17H26N2O2/c1-3-11-21-17-5-4-10-19(13-17)12-15-6-8-16(9-7-15)18-14(2)20/h6-9,17H,3-5,10-13H2,1-2H3,(H,18,20). The summed E-state index contributed by atoms with van der Waals surface area (Å²) in [6.07, 6.45) is 3.86. The van der Waals surface area contributed by atoms with E-state index in [4.69, 9.17) is 4.74 Å². The molecule has 1 aliphatic rings. The molecule has 1 N–H and O–H groups in total. The Balaban J connectivity index is 1.84. The van der Waals surface area contributed by atoms with Crippen molar-refractivity contribution in [2.45, 2.75) is 45.8 Å². The van der Waals surface area contributed by atoms with Gasteiger partial charge in [-0.1, -0.05) is 19.1 Å². The van der Waals surface area contributed by atoms with Crippen molar-refractivity contribution in [3.63, 3.8) is 0 Å². The zero-order valence-corrected chi connectivity index (χ0v) is 13.1. The van der Waals surface area contributed by atoms with Crippen LogP contribution in [0.15, 0.2) is 24.3 Å². The summed E-state index contributed by atoms with van der Waals surface area (Å²) in [4.78, 5) is 13.5. The first kappa shape index (κ1) is 16.0. The fourth-order valence-electron chi connectivity index (χ4n) is 2.73. The molecule has 1 saturated heterocycles. The SMILES string of the molecule is CCCOC1CCCN(Cc2ccc(NC(C)=O)cc2)C1. The summed E-state index contributed by atoms with van der Waals surface area (Å²) in [7, 11) is 0. The summed E-state index contributed by atoms with van der Waals surface area (Å²) < 4.78 is 5.87. The van der Waals surface area contributed by atoms with Crippen LogP contribution in [0.4, 0.5) is 5.69 Å². The molecule has 21 heavy (non-hydrogen) atoms. The van der Waals surface area contributed by atoms with E-state index in [-0.39, 0.29) is 5.91 Å². The van der Waals surface area contributed by atoms with Crippen molar-refractivity contribution < 1.29 is 9.53 Å². The van der Waals surface area contributed by atoms with Gasteiger partial charge in [-0.05, 0) is 43.5 Å². The average Bonchev–Trinajstić information content (AvgIpc) is 2.47. The molecule has 116 valence electrons. The molecule has 0 bridgehead atoms. The van der Waals surface area contributed by atoms with Gasteiger partial charge < -0.3 is 10.1 Å². The van der Waals surface area contributed by atoms with Crippen LogP contribution >= 0.6 is 0 Å². The van der Waals surface area contributed by atoms with E-state index in [1.807, 2.05) is 12.1 Å². The molecule has 1 heterocycles. The van der Waals surface area contributed by atoms with Gasteiger partial charge in [0.05, 0.1) is 6.10 Å². The van der Waals surface area contributed by atoms with Gasteiger partial charge in [0.25, 0.3) is 0 Å². The molecule has 0 saturated carbocycles. The predicted molar refractivity (Wildman–Crippen MR) is 85.3 cm³/mol. The summed E-state index contributed by atoms with van der Waals surface area (Å²) in [6, 6.07) is 8.10. The van der Waals surface area contributed by atoms with Gasteiger partial charge in [0.1, 0.15) is 0 Å². The van der Waals surface area contributed by atoms with Gasteiger partial charge in [0.15, 0.2) is 0 Å². The Hall–Kier alpha value is -1.39. The molecule has 1 atom stereocenters. The number of carbonyl (C=O) groups excluding carboxylic acids is 1. The van der Waals surface area contributed by atoms with Gasteiger partial charge in [0, 0.05) is 32.3 Å². The molecule has 0 radical (unpaired) electrons. The Morgan fingerprint density at radius 3 is 2.81 bits per heavy atom. The Morgan fingerprint density at radius 1 is 1.38 bits per heavy atom. The maximum absolute atomic E-state index is 11.0. The highest BCUT2D eigenvalue weighted by molar-refractivity contribution is 5.88. The van der Waals surface area contributed by atoms with Crippen molar-refractivity contribution in [3.05, 3.63) is 29.8 Å². The Labute approximate surface area is 127 Å². The van der Waals surface area contributed by atoms with Crippen molar-refractivity contribution in [1.29, 1.82) is 0 Å². The minimum atomic E-state index is -0.0327. The van der Waals surface area contributed by atoms with Crippen molar-refractivity contribution in [2.24, 2.45) is 0 Å². The number of nitrogens with one attached hydrogen (secondary N) is 1. The molecule has 4 heteroatoms. The Bertz CT molecular complexity index is 445. The fraction of sp³-hybridized carbons (Fsp3) is 0.588. The average molecular weight is 290 g/mol. The first-order chi connectivity index (χ1) is 10.2. The molecule has 1 amide bonds. The third-order valence-electron chi connectivity index (χ3n) is 3.70. The van der Waals surface area contributed by atoms with Crippen LogP contribution in [0.3, 0.4) is 0 Å². The first-order valence-electron chi connectivity index (χ1n) is 7.88. The molecule has 1 aromatic carbocycles. The molecular weight excluding hydrogens is 264 g/mol. The molecule has 2 rings (SSSR count). The topological polar surface area (TPSA) is 41.6 Å². The summed E-state index contributed by atoms with van der Waals surface area (Å²) in [5.41, 5.74) is 2.13. The molecule has 1 aliphatic heterocycles. The molecule has 1 aromatic rings. The summed E-state index contributed by atoms with van der Waals surface area (Å²) in [5.74, 6) is -0.0327. The van der Waals surface area contributed by atoms with E-state index in [0.29, 0.717) is 6.10 Å². The second-order valence-corrected chi connectivity index (χ2v) is 5.75. The third kappa shape index (κ3) is 5.48. The Morgan fingerprint density at radius 2 is 2.14 bits per heavy atom. The van der Waals surface area contributed by atoms with Crippen molar-refractivity contribution >= 4 is 11.6 Å². The number of carbonyl (C=O) groups is 1. The Kier molecular flexibility index (Phi) is 6.21. The number of rotatable bonds is 6. The quantitative estimate of drug-likeness (QED) is 0.875. The number of anilines is 1. The number of nitrogens with zero attached hydrogens (tertiary/aromatic N) is 1. The molecule has 1 fully saturated rings. The van der Waals surface area contributed by atoms with Crippen LogP contribution < -0.4 is 5.32 Å². The largest absolute Gasteiger partial charge is 0.377 e. The van der Waals surface area contributed by atoms with Crippen LogP contribution in [-0.2, 0) is 16.1 Å². The zero-order chi connectivity index (χ0) is 15.1. The summed E-state index contributed by atoms with van der Waals surface area (Å²) >= 11 is 0. The van der Waals surface area contributed by atoms with Gasteiger partial charge >= 0.3 is 0 Å². The first-order valence-corrected chi connectivity index (χ1v) is 7.88. The highest BCUT2D eigenvalue weighted by atomic mass is 16.5. The van der Waals surface area contributed by atoms with Crippen molar-refractivity contribution in [1.82, 2.24) is 4.90 Å². The molecule has 0 aromatic heterocycles. The predicted octanol–water partition coefficient (Wildman–Crippen LogP) is 3.04. The number of benzene rings is 1. The van der Waals surface area contributed by atoms with Gasteiger partial charge in [-0.2, -0.15) is 0 Å². The number of amides is 1. The van der Waals surface area contributed by atoms with E-state index in [1.54, 1.807) is 0 Å². The number of likely N-dealkylation sites (tertiary alicyclic amines) is 1. The van der Waals surface area contributed by atoms with Gasteiger partial charge in [-0.25, -0.2) is 0 Å². The van der Waals surface area contributed by atoms with Crippen LogP contribution in [0.5, 0.6) is 0 Å². The van der Waals surface area contributed by atoms with Crippen LogP contribution in [0.1, 0.15) is 38.7 Å². The van der Waals surface area contributed by atoms with Crippen molar-refractivity contribution in [3.8, 4) is 0 Å². The lowest BCUT2D eigenvalue weighted by molar-refractivity contribution is -0.114. The van der Waals surface area contributed by atoms with E-state index in [9.17, 15) is 4.79 Å². The number of piperidine rings is 1. The lowest BCUT2D eigenvalue weighted by atomic mass is 10.1. The van der Waals surface area contributed by atoms with E-state index in [0.717, 1.165) is 38.3 Å². The van der Waals surface area contributed by atoms with Crippen LogP contribution in [-0.4, -0.2) is 36.6 Å². The second kappa shape index (κ2) is 8.15. The minimum absolute atomic E-state index is 0.0327. The maximum atomic E-state index is 11.0. The summed E-state index contributed by atoms with van der Waals surface area (Å²) in [6.45, 7) is 7.65. The highest BCUT2D eigenvalue weighted by Crippen LogP contribution is 2.17. The smallest absolute Gasteiger partial charge is 0.221 e. The summed E-state index contributed by atoms with van der Waals surface area (Å²) in [5, 5.41) is 2.79. The second-order valence-electron chi connectivity index (χ2n) is 5.75. The van der Waals surface area contributed by atoms with E-state index >= 15 is 0 Å². The maximum Gasteiger partial charge on any atom is 0.221 e. The molecule has 0 spiro atoms. The van der Waals surface area contributed by atoms with Crippen molar-refractivity contribution in [2.75, 3.05) is 25.0 Å². The third-order valence-corrected chi connectivity index (χ3v) is 3.70. The number of ether oxygens (including phenoxy) is 1. The molecule has 0 aliphatic carbocycles. The normalized spacial score (nSPS) is 19.4. The number of hydrogen-bond donors (Lipinski definition) is 1. The van der Waals surface area contributed by atoms with Gasteiger partial charge in [-0.15, -0.1) is 0 Å². The van der Waals surface area contributed by atoms with Crippen LogP contribution in [0, 0.1) is 0 Å². The minimum Gasteiger partial charge on any atom is -0.377 e. The molecular formula is C17H26N2O2. The molecule has 1 unspecified atom stereocenters.